The Morgan fingerprint density at radius 1 is 0.627 bits per heavy atom. The quantitative estimate of drug-likeness (QED) is 0.0666. The molecule has 0 saturated heterocycles. The lowest BCUT2D eigenvalue weighted by atomic mass is 9.50. The first-order valence-electron chi connectivity index (χ1n) is 25.5. The standard InChI is InChI=1S/C63H52B2N7OS2/c1-4-70(5-2)38-21-39-73-48-36-34-44(35-37-48)40-54-57-58(59(71(54)64-45-23-9-6-10-24-45)50(41-66)62-68-52-30-17-19-32-55(52)74-62)60(49-29-16-15-22-43(49)3)72(65(46-25-11-7-12-26-46)47-27-13-8-14-28-47)61(57)51(42-67)63-69-53-31-18-20-33-56(53)75-63/h6-20,22-37H,4-5,21,38-40H2,1-3H3/b59-50-,61-51-. The Labute approximate surface area is 446 Å². The van der Waals surface area contributed by atoms with Crippen LogP contribution in [0, 0.1) is 29.6 Å². The number of aromatic nitrogens is 4. The summed E-state index contributed by atoms with van der Waals surface area (Å²) in [5.41, 5.74) is 10.4. The summed E-state index contributed by atoms with van der Waals surface area (Å²) in [6.45, 7) is 9.72. The van der Waals surface area contributed by atoms with E-state index in [1.165, 1.54) is 22.7 Å². The van der Waals surface area contributed by atoms with E-state index in [1.807, 2.05) is 66.7 Å². The van der Waals surface area contributed by atoms with E-state index in [-0.39, 0.29) is 0 Å². The maximum absolute atomic E-state index is 12.1. The molecule has 4 aromatic heterocycles. The van der Waals surface area contributed by atoms with Gasteiger partial charge in [-0.25, -0.2) is 9.97 Å². The Bertz CT molecular complexity index is 3930. The number of aryl methyl sites for hydroxylation is 1. The van der Waals surface area contributed by atoms with Crippen molar-refractivity contribution in [3.8, 4) is 29.1 Å². The van der Waals surface area contributed by atoms with Gasteiger partial charge in [0, 0.05) is 40.7 Å². The number of rotatable bonds is 17. The summed E-state index contributed by atoms with van der Waals surface area (Å²) in [6, 6.07) is 69.9. The summed E-state index contributed by atoms with van der Waals surface area (Å²) in [5, 5.41) is 28.3. The average molecular weight is 1010 g/mol. The molecule has 0 spiro atoms. The number of benzene rings is 7. The summed E-state index contributed by atoms with van der Waals surface area (Å²) in [4.78, 5) is 12.9. The minimum Gasteiger partial charge on any atom is -0.494 e. The second kappa shape index (κ2) is 22.1. The van der Waals surface area contributed by atoms with Crippen LogP contribution in [0.2, 0.25) is 0 Å². The van der Waals surface area contributed by atoms with E-state index in [4.69, 9.17) is 14.7 Å². The Kier molecular flexibility index (Phi) is 14.4. The highest BCUT2D eigenvalue weighted by Crippen LogP contribution is 2.36. The zero-order valence-corrected chi connectivity index (χ0v) is 43.8. The zero-order valence-electron chi connectivity index (χ0n) is 42.2. The van der Waals surface area contributed by atoms with E-state index in [9.17, 15) is 10.5 Å². The zero-order chi connectivity index (χ0) is 51.3. The van der Waals surface area contributed by atoms with Crippen LogP contribution in [0.3, 0.4) is 0 Å². The van der Waals surface area contributed by atoms with Gasteiger partial charge in [-0.15, -0.1) is 22.7 Å². The highest BCUT2D eigenvalue weighted by molar-refractivity contribution is 7.20. The second-order valence-electron chi connectivity index (χ2n) is 18.6. The molecule has 0 aliphatic carbocycles. The predicted molar refractivity (Wildman–Crippen MR) is 313 cm³/mol. The molecule has 11 rings (SSSR count). The van der Waals surface area contributed by atoms with E-state index in [0.717, 1.165) is 107 Å². The number of hydrogen-bond donors (Lipinski definition) is 0. The molecule has 0 aliphatic rings. The van der Waals surface area contributed by atoms with Gasteiger partial charge in [0.1, 0.15) is 39.0 Å². The molecule has 12 heteroatoms. The molecule has 7 aromatic carbocycles. The van der Waals surface area contributed by atoms with Crippen molar-refractivity contribution in [1.82, 2.24) is 23.8 Å². The number of ether oxygens (including phenoxy) is 1. The van der Waals surface area contributed by atoms with Gasteiger partial charge < -0.3 is 18.6 Å². The largest absolute Gasteiger partial charge is 0.494 e. The van der Waals surface area contributed by atoms with Gasteiger partial charge in [-0.3, -0.25) is 0 Å². The molecular weight excluding hydrogens is 956 g/mol. The third-order valence-corrected chi connectivity index (χ3v) is 16.1. The summed E-state index contributed by atoms with van der Waals surface area (Å²) in [6.07, 6.45) is 1.37. The molecule has 8 nitrogen and oxygen atoms in total. The Morgan fingerprint density at radius 3 is 1.72 bits per heavy atom. The monoisotopic (exact) mass is 1010 g/mol. The normalized spacial score (nSPS) is 12.2. The number of nitrogens with zero attached hydrogens (tertiary/aromatic N) is 7. The van der Waals surface area contributed by atoms with Crippen molar-refractivity contribution >= 4 is 95.7 Å². The first-order valence-corrected chi connectivity index (χ1v) is 27.2. The molecular formula is C63H52B2N7OS2. The average Bonchev–Trinajstić information content (AvgIpc) is 4.24. The SMILES string of the molecule is CCN(CC)CCCOc1ccc(Cc2c3/c(=C(\C#N)c4nc5ccccc5s4)n(B(c4ccccc4)c4ccccc4)c(-c4ccccc4C)c3/c(=C(\C#N)c3nc4ccccc4s3)n2[B]c2ccccc2)cc1. The van der Waals surface area contributed by atoms with Crippen molar-refractivity contribution in [2.75, 3.05) is 26.2 Å². The van der Waals surface area contributed by atoms with Gasteiger partial charge in [0.05, 0.1) is 37.7 Å². The van der Waals surface area contributed by atoms with Gasteiger partial charge in [0.15, 0.2) is 0 Å². The molecule has 4 heterocycles. The van der Waals surface area contributed by atoms with Crippen molar-refractivity contribution in [1.29, 1.82) is 10.5 Å². The lowest BCUT2D eigenvalue weighted by Crippen LogP contribution is -2.53. The Hall–Kier alpha value is -8.25. The van der Waals surface area contributed by atoms with Crippen molar-refractivity contribution < 1.29 is 4.74 Å². The highest BCUT2D eigenvalue weighted by Gasteiger charge is 2.35. The fourth-order valence-electron chi connectivity index (χ4n) is 10.4. The van der Waals surface area contributed by atoms with E-state index >= 15 is 0 Å². The summed E-state index contributed by atoms with van der Waals surface area (Å²) in [7, 11) is 2.15. The fourth-order valence-corrected chi connectivity index (χ4v) is 12.3. The summed E-state index contributed by atoms with van der Waals surface area (Å²) < 4.78 is 12.9. The number of fused-ring (bicyclic) bond motifs is 3. The first-order chi connectivity index (χ1) is 37.0. The number of hydrogen-bond acceptors (Lipinski definition) is 8. The molecule has 11 aromatic rings. The van der Waals surface area contributed by atoms with Crippen LogP contribution < -0.4 is 31.8 Å². The van der Waals surface area contributed by atoms with Crippen molar-refractivity contribution in [3.05, 3.63) is 226 Å². The predicted octanol–water partition coefficient (Wildman–Crippen LogP) is 10.2. The van der Waals surface area contributed by atoms with E-state index < -0.39 is 6.85 Å². The fraction of sp³-hybridized carbons (Fsp3) is 0.143. The van der Waals surface area contributed by atoms with Crippen molar-refractivity contribution in [2.45, 2.75) is 33.6 Å². The highest BCUT2D eigenvalue weighted by atomic mass is 32.1. The van der Waals surface area contributed by atoms with Crippen LogP contribution in [-0.4, -0.2) is 64.3 Å². The number of para-hydroxylation sites is 2. The minimum absolute atomic E-state index is 0.432. The topological polar surface area (TPSA) is 95.7 Å². The van der Waals surface area contributed by atoms with Gasteiger partial charge in [-0.05, 0) is 74.0 Å². The van der Waals surface area contributed by atoms with Crippen molar-refractivity contribution in [2.24, 2.45) is 0 Å². The van der Waals surface area contributed by atoms with E-state index in [0.29, 0.717) is 44.9 Å². The van der Waals surface area contributed by atoms with Crippen LogP contribution in [0.15, 0.2) is 188 Å². The van der Waals surface area contributed by atoms with Crippen LogP contribution >= 0.6 is 22.7 Å². The van der Waals surface area contributed by atoms with Gasteiger partial charge in [-0.2, -0.15) is 10.5 Å². The van der Waals surface area contributed by atoms with Crippen LogP contribution in [0.25, 0.3) is 53.6 Å². The summed E-state index contributed by atoms with van der Waals surface area (Å²) in [5.74, 6) is 0.810. The minimum atomic E-state index is -0.444. The van der Waals surface area contributed by atoms with Gasteiger partial charge in [0.2, 0.25) is 0 Å². The molecule has 0 amide bonds. The van der Waals surface area contributed by atoms with Crippen LogP contribution in [0.4, 0.5) is 0 Å². The van der Waals surface area contributed by atoms with Gasteiger partial charge in [0.25, 0.3) is 7.41 Å². The number of nitriles is 2. The summed E-state index contributed by atoms with van der Waals surface area (Å²) >= 11 is 3.03. The molecule has 0 unspecified atom stereocenters. The molecule has 0 atom stereocenters. The van der Waals surface area contributed by atoms with Crippen LogP contribution in [-0.2, 0) is 6.42 Å². The third kappa shape index (κ3) is 9.73. The smallest absolute Gasteiger partial charge is 0.328 e. The molecule has 0 bridgehead atoms. The molecule has 0 aliphatic heterocycles. The first kappa shape index (κ1) is 49.0. The van der Waals surface area contributed by atoms with Gasteiger partial charge in [-0.1, -0.05) is 182 Å². The maximum atomic E-state index is 12.1. The van der Waals surface area contributed by atoms with E-state index in [1.54, 1.807) is 0 Å². The van der Waals surface area contributed by atoms with E-state index in [2.05, 4.69) is 176 Å². The van der Waals surface area contributed by atoms with Crippen LogP contribution in [0.5, 0.6) is 5.75 Å². The molecule has 75 heavy (non-hydrogen) atoms. The molecule has 0 saturated carbocycles. The molecule has 1 radical (unpaired) electrons. The maximum Gasteiger partial charge on any atom is 0.328 e. The Morgan fingerprint density at radius 2 is 1.16 bits per heavy atom. The molecule has 363 valence electrons. The van der Waals surface area contributed by atoms with Gasteiger partial charge >= 0.3 is 6.85 Å². The Balaban J connectivity index is 1.34. The van der Waals surface area contributed by atoms with Crippen LogP contribution in [0.1, 0.15) is 47.1 Å². The third-order valence-electron chi connectivity index (χ3n) is 14.0. The van der Waals surface area contributed by atoms with Crippen molar-refractivity contribution in [3.63, 3.8) is 0 Å². The molecule has 0 N–H and O–H groups in total. The second-order valence-corrected chi connectivity index (χ2v) is 20.6. The number of thiazole rings is 2. The lowest BCUT2D eigenvalue weighted by molar-refractivity contribution is 0.249. The lowest BCUT2D eigenvalue weighted by Gasteiger charge is -2.23. The molecule has 0 fully saturated rings.